The van der Waals surface area contributed by atoms with Crippen LogP contribution in [0.2, 0.25) is 0 Å². The predicted molar refractivity (Wildman–Crippen MR) is 115 cm³/mol. The number of allylic oxidation sites excluding steroid dienone is 1. The van der Waals surface area contributed by atoms with Crippen molar-refractivity contribution in [2.75, 3.05) is 13.7 Å². The second-order valence-electron chi connectivity index (χ2n) is 8.96. The van der Waals surface area contributed by atoms with Crippen molar-refractivity contribution in [2.24, 2.45) is 10.7 Å². The number of hydrogen-bond acceptors (Lipinski definition) is 7. The molecule has 9 nitrogen and oxygen atoms in total. The molecule has 0 rings (SSSR count). The van der Waals surface area contributed by atoms with Gasteiger partial charge in [0.2, 0.25) is 0 Å². The Hall–Kier alpha value is -2.58. The van der Waals surface area contributed by atoms with Crippen LogP contribution in [0.25, 0.3) is 0 Å². The number of imide groups is 1. The highest BCUT2D eigenvalue weighted by Gasteiger charge is 2.40. The topological polar surface area (TPSA) is 121 Å². The SMILES string of the molecule is COC(=O)[C@H](CC/C=C(/C)CN=C(C)N)N(C(=O)OC(C)(C)C)C(=O)OC(C)(C)C. The standard InChI is InChI=1S/C21H37N3O6/c1-14(13-23-15(2)22)11-10-12-16(17(25)28-9)24(18(26)29-20(3,4)5)19(27)30-21(6,7)8/h11,16H,10,12-13H2,1-9H3,(H2,22,23)/b14-11-/t16-/m0/s1. The third kappa shape index (κ3) is 11.4. The van der Waals surface area contributed by atoms with Gasteiger partial charge in [0.25, 0.3) is 0 Å². The Kier molecular flexibility index (Phi) is 10.6. The molecule has 0 aromatic rings. The summed E-state index contributed by atoms with van der Waals surface area (Å²) in [6.07, 6.45) is 0.443. The van der Waals surface area contributed by atoms with Crippen LogP contribution in [0.4, 0.5) is 9.59 Å². The normalized spacial score (nSPS) is 14.0. The minimum atomic E-state index is -1.21. The molecule has 2 N–H and O–H groups in total. The molecule has 2 amide bonds. The Morgan fingerprint density at radius 2 is 1.47 bits per heavy atom. The van der Waals surface area contributed by atoms with Gasteiger partial charge in [0.1, 0.15) is 17.2 Å². The van der Waals surface area contributed by atoms with E-state index < -0.39 is 35.4 Å². The molecule has 172 valence electrons. The second kappa shape index (κ2) is 11.6. The molecule has 0 saturated carbocycles. The number of carbonyl (C=O) groups is 3. The summed E-state index contributed by atoms with van der Waals surface area (Å²) >= 11 is 0. The molecule has 30 heavy (non-hydrogen) atoms. The zero-order valence-electron chi connectivity index (χ0n) is 19.7. The zero-order chi connectivity index (χ0) is 23.7. The average molecular weight is 428 g/mol. The summed E-state index contributed by atoms with van der Waals surface area (Å²) in [7, 11) is 1.19. The molecule has 0 bridgehead atoms. The number of methoxy groups -OCH3 is 1. The van der Waals surface area contributed by atoms with Crippen LogP contribution < -0.4 is 5.73 Å². The fraction of sp³-hybridized carbons (Fsp3) is 0.714. The number of nitrogens with zero attached hydrogens (tertiary/aromatic N) is 2. The maximum Gasteiger partial charge on any atom is 0.420 e. The Labute approximate surface area is 179 Å². The summed E-state index contributed by atoms with van der Waals surface area (Å²) in [6.45, 7) is 14.0. The maximum atomic E-state index is 12.8. The minimum absolute atomic E-state index is 0.133. The smallest absolute Gasteiger partial charge is 0.420 e. The van der Waals surface area contributed by atoms with Crippen LogP contribution in [0.3, 0.4) is 0 Å². The lowest BCUT2D eigenvalue weighted by molar-refractivity contribution is -0.146. The van der Waals surface area contributed by atoms with Crippen LogP contribution in [0, 0.1) is 0 Å². The first-order chi connectivity index (χ1) is 13.6. The van der Waals surface area contributed by atoms with Gasteiger partial charge in [-0.15, -0.1) is 0 Å². The fourth-order valence-electron chi connectivity index (χ4n) is 2.24. The number of rotatable bonds is 7. The largest absolute Gasteiger partial charge is 0.467 e. The lowest BCUT2D eigenvalue weighted by atomic mass is 10.1. The number of aliphatic imine (C=N–C) groups is 1. The third-order valence-corrected chi connectivity index (χ3v) is 3.48. The summed E-state index contributed by atoms with van der Waals surface area (Å²) in [5.74, 6) is -0.273. The van der Waals surface area contributed by atoms with Gasteiger partial charge >= 0.3 is 18.2 Å². The zero-order valence-corrected chi connectivity index (χ0v) is 19.7. The first-order valence-electron chi connectivity index (χ1n) is 9.82. The molecule has 0 aliphatic heterocycles. The molecular formula is C21H37N3O6. The van der Waals surface area contributed by atoms with Crippen molar-refractivity contribution in [3.63, 3.8) is 0 Å². The van der Waals surface area contributed by atoms with Crippen molar-refractivity contribution in [1.29, 1.82) is 0 Å². The van der Waals surface area contributed by atoms with Gasteiger partial charge in [-0.05, 0) is 68.2 Å². The van der Waals surface area contributed by atoms with Gasteiger partial charge in [-0.3, -0.25) is 4.99 Å². The average Bonchev–Trinajstić information content (AvgIpc) is 2.54. The maximum absolute atomic E-state index is 12.8. The second-order valence-corrected chi connectivity index (χ2v) is 8.96. The van der Waals surface area contributed by atoms with E-state index in [0.717, 1.165) is 5.57 Å². The lowest BCUT2D eigenvalue weighted by Gasteiger charge is -2.32. The molecule has 0 saturated heterocycles. The van der Waals surface area contributed by atoms with E-state index in [2.05, 4.69) is 4.99 Å². The van der Waals surface area contributed by atoms with Crippen molar-refractivity contribution < 1.29 is 28.6 Å². The van der Waals surface area contributed by atoms with E-state index >= 15 is 0 Å². The van der Waals surface area contributed by atoms with E-state index in [1.54, 1.807) is 48.5 Å². The van der Waals surface area contributed by atoms with Crippen molar-refractivity contribution >= 4 is 24.0 Å². The number of ether oxygens (including phenoxy) is 3. The van der Waals surface area contributed by atoms with Gasteiger partial charge in [0, 0.05) is 0 Å². The Bertz CT molecular complexity index is 639. The molecule has 0 radical (unpaired) electrons. The molecule has 0 spiro atoms. The van der Waals surface area contributed by atoms with Gasteiger partial charge in [-0.2, -0.15) is 4.90 Å². The quantitative estimate of drug-likeness (QED) is 0.216. The van der Waals surface area contributed by atoms with E-state index in [1.807, 2.05) is 13.0 Å². The van der Waals surface area contributed by atoms with E-state index in [0.29, 0.717) is 23.7 Å². The summed E-state index contributed by atoms with van der Waals surface area (Å²) < 4.78 is 15.5. The van der Waals surface area contributed by atoms with Gasteiger partial charge in [-0.1, -0.05) is 11.6 Å². The van der Waals surface area contributed by atoms with E-state index in [1.165, 1.54) is 7.11 Å². The molecule has 0 aliphatic rings. The van der Waals surface area contributed by atoms with Crippen LogP contribution in [-0.4, -0.2) is 59.8 Å². The van der Waals surface area contributed by atoms with Crippen LogP contribution in [0.5, 0.6) is 0 Å². The molecule has 9 heteroatoms. The monoisotopic (exact) mass is 427 g/mol. The van der Waals surface area contributed by atoms with Crippen LogP contribution in [0.1, 0.15) is 68.2 Å². The molecule has 0 aromatic carbocycles. The van der Waals surface area contributed by atoms with E-state index in [-0.39, 0.29) is 6.42 Å². The molecule has 0 aliphatic carbocycles. The first-order valence-corrected chi connectivity index (χ1v) is 9.82. The highest BCUT2D eigenvalue weighted by molar-refractivity contribution is 5.94. The van der Waals surface area contributed by atoms with Crippen molar-refractivity contribution in [3.8, 4) is 0 Å². The summed E-state index contributed by atoms with van der Waals surface area (Å²) in [4.78, 5) is 42.8. The van der Waals surface area contributed by atoms with Gasteiger partial charge < -0.3 is 19.9 Å². The van der Waals surface area contributed by atoms with Crippen molar-refractivity contribution in [3.05, 3.63) is 11.6 Å². The van der Waals surface area contributed by atoms with Crippen molar-refractivity contribution in [1.82, 2.24) is 4.90 Å². The molecule has 0 unspecified atom stereocenters. The van der Waals surface area contributed by atoms with E-state index in [9.17, 15) is 14.4 Å². The minimum Gasteiger partial charge on any atom is -0.467 e. The van der Waals surface area contributed by atoms with Gasteiger partial charge in [-0.25, -0.2) is 14.4 Å². The van der Waals surface area contributed by atoms with Gasteiger partial charge in [0.15, 0.2) is 0 Å². The van der Waals surface area contributed by atoms with Crippen LogP contribution in [-0.2, 0) is 19.0 Å². The molecule has 0 heterocycles. The summed E-state index contributed by atoms with van der Waals surface area (Å²) in [6, 6.07) is -1.21. The predicted octanol–water partition coefficient (Wildman–Crippen LogP) is 3.80. The Morgan fingerprint density at radius 1 is 1.00 bits per heavy atom. The Balaban J connectivity index is 5.75. The highest BCUT2D eigenvalue weighted by Crippen LogP contribution is 2.20. The fourth-order valence-corrected chi connectivity index (χ4v) is 2.24. The van der Waals surface area contributed by atoms with Gasteiger partial charge in [0.05, 0.1) is 19.5 Å². The first kappa shape index (κ1) is 27.4. The number of amidine groups is 1. The van der Waals surface area contributed by atoms with Crippen LogP contribution >= 0.6 is 0 Å². The molecule has 0 fully saturated rings. The summed E-state index contributed by atoms with van der Waals surface area (Å²) in [5.41, 5.74) is 4.73. The molecule has 0 aromatic heterocycles. The highest BCUT2D eigenvalue weighted by atomic mass is 16.6. The number of amides is 2. The third-order valence-electron chi connectivity index (χ3n) is 3.48. The molecular weight excluding hydrogens is 390 g/mol. The lowest BCUT2D eigenvalue weighted by Crippen LogP contribution is -2.52. The van der Waals surface area contributed by atoms with Crippen LogP contribution in [0.15, 0.2) is 16.6 Å². The molecule has 1 atom stereocenters. The number of hydrogen-bond donors (Lipinski definition) is 1. The number of nitrogens with two attached hydrogens (primary N) is 1. The van der Waals surface area contributed by atoms with E-state index in [4.69, 9.17) is 19.9 Å². The summed E-state index contributed by atoms with van der Waals surface area (Å²) in [5, 5.41) is 0. The number of esters is 1. The number of carbonyl (C=O) groups excluding carboxylic acids is 3. The van der Waals surface area contributed by atoms with Crippen molar-refractivity contribution in [2.45, 2.75) is 85.5 Å². The Morgan fingerprint density at radius 3 is 1.83 bits per heavy atom.